The molecule has 1 saturated carbocycles. The van der Waals surface area contributed by atoms with Gasteiger partial charge in [-0.2, -0.15) is 4.99 Å². The van der Waals surface area contributed by atoms with E-state index >= 15 is 0 Å². The van der Waals surface area contributed by atoms with Gasteiger partial charge >= 0.3 is 0 Å². The van der Waals surface area contributed by atoms with Gasteiger partial charge in [-0.1, -0.05) is 23.7 Å². The number of rotatable bonds is 3. The van der Waals surface area contributed by atoms with Gasteiger partial charge in [-0.15, -0.1) is 0 Å². The lowest BCUT2D eigenvalue weighted by molar-refractivity contribution is 0.411. The smallest absolute Gasteiger partial charge is 0.235 e. The van der Waals surface area contributed by atoms with E-state index in [2.05, 4.69) is 29.1 Å². The number of benzene rings is 1. The molecule has 2 aliphatic rings. The quantitative estimate of drug-likeness (QED) is 0.628. The number of likely N-dealkylation sites (tertiary alicyclic amines) is 1. The van der Waals surface area contributed by atoms with Gasteiger partial charge in [0.15, 0.2) is 0 Å². The molecule has 0 aromatic heterocycles. The van der Waals surface area contributed by atoms with Crippen molar-refractivity contribution in [3.63, 3.8) is 0 Å². The highest BCUT2D eigenvalue weighted by molar-refractivity contribution is 6.31. The fourth-order valence-electron chi connectivity index (χ4n) is 3.01. The van der Waals surface area contributed by atoms with E-state index in [0.717, 1.165) is 42.9 Å². The first-order chi connectivity index (χ1) is 9.14. The average molecular weight is 277 g/mol. The molecule has 0 bridgehead atoms. The predicted octanol–water partition coefficient (Wildman–Crippen LogP) is 3.08. The second-order valence-electron chi connectivity index (χ2n) is 5.72. The van der Waals surface area contributed by atoms with Crippen LogP contribution in [0, 0.1) is 0 Å². The van der Waals surface area contributed by atoms with Crippen molar-refractivity contribution in [1.29, 1.82) is 0 Å². The third-order valence-electron chi connectivity index (χ3n) is 4.35. The molecule has 1 aromatic rings. The molecule has 1 saturated heterocycles. The number of likely N-dealkylation sites (N-methyl/N-ethyl adjacent to an activating group) is 1. The molecule has 100 valence electrons. The number of carbonyl (C=O) groups excluding carboxylic acids is 1. The highest BCUT2D eigenvalue weighted by Gasteiger charge is 2.45. The fourth-order valence-corrected chi connectivity index (χ4v) is 3.34. The summed E-state index contributed by atoms with van der Waals surface area (Å²) < 4.78 is 0. The van der Waals surface area contributed by atoms with Crippen LogP contribution in [0.25, 0.3) is 0 Å². The third-order valence-corrected chi connectivity index (χ3v) is 4.68. The number of hydrogen-bond donors (Lipinski definition) is 0. The zero-order chi connectivity index (χ0) is 13.5. The Labute approximate surface area is 118 Å². The van der Waals surface area contributed by atoms with Crippen LogP contribution in [0.4, 0.5) is 0 Å². The van der Waals surface area contributed by atoms with Crippen LogP contribution in [-0.4, -0.2) is 31.1 Å². The van der Waals surface area contributed by atoms with E-state index in [1.54, 1.807) is 6.08 Å². The van der Waals surface area contributed by atoms with Crippen molar-refractivity contribution in [3.05, 3.63) is 34.3 Å². The Balaban J connectivity index is 1.88. The predicted molar refractivity (Wildman–Crippen MR) is 75.3 cm³/mol. The minimum atomic E-state index is -0.323. The van der Waals surface area contributed by atoms with Gasteiger partial charge < -0.3 is 4.90 Å². The minimum Gasteiger partial charge on any atom is -0.306 e. The summed E-state index contributed by atoms with van der Waals surface area (Å²) in [5, 5.41) is 0.810. The Bertz CT molecular complexity index is 547. The molecule has 19 heavy (non-hydrogen) atoms. The molecule has 1 atom stereocenters. The van der Waals surface area contributed by atoms with Crippen molar-refractivity contribution in [2.75, 3.05) is 20.1 Å². The molecule has 1 aliphatic carbocycles. The molecule has 0 N–H and O–H groups in total. The second kappa shape index (κ2) is 4.75. The Morgan fingerprint density at radius 1 is 1.47 bits per heavy atom. The molecule has 1 aliphatic heterocycles. The Hall–Kier alpha value is -1.15. The number of nitrogens with zero attached hydrogens (tertiary/aromatic N) is 2. The summed E-state index contributed by atoms with van der Waals surface area (Å²) in [4.78, 5) is 16.8. The molecule has 1 aromatic carbocycles. The maximum absolute atomic E-state index is 10.5. The zero-order valence-corrected chi connectivity index (χ0v) is 11.8. The van der Waals surface area contributed by atoms with Crippen LogP contribution in [0.5, 0.6) is 0 Å². The van der Waals surface area contributed by atoms with Crippen LogP contribution in [0.15, 0.2) is 23.2 Å². The molecule has 3 rings (SSSR count). The van der Waals surface area contributed by atoms with E-state index in [1.807, 2.05) is 6.07 Å². The van der Waals surface area contributed by atoms with Gasteiger partial charge in [0.2, 0.25) is 6.08 Å². The Morgan fingerprint density at radius 2 is 2.26 bits per heavy atom. The molecule has 1 unspecified atom stereocenters. The summed E-state index contributed by atoms with van der Waals surface area (Å²) in [7, 11) is 2.14. The highest BCUT2D eigenvalue weighted by atomic mass is 35.5. The van der Waals surface area contributed by atoms with Crippen LogP contribution < -0.4 is 0 Å². The fraction of sp³-hybridized carbons (Fsp3) is 0.533. The zero-order valence-electron chi connectivity index (χ0n) is 11.0. The van der Waals surface area contributed by atoms with Crippen LogP contribution >= 0.6 is 11.6 Å². The first-order valence-electron chi connectivity index (χ1n) is 6.72. The van der Waals surface area contributed by atoms with Gasteiger partial charge in [-0.05, 0) is 56.0 Å². The maximum atomic E-state index is 10.5. The van der Waals surface area contributed by atoms with Gasteiger partial charge in [-0.25, -0.2) is 4.79 Å². The van der Waals surface area contributed by atoms with Crippen molar-refractivity contribution < 1.29 is 4.79 Å². The molecular weight excluding hydrogens is 260 g/mol. The van der Waals surface area contributed by atoms with Crippen molar-refractivity contribution in [1.82, 2.24) is 4.90 Å². The monoisotopic (exact) mass is 276 g/mol. The van der Waals surface area contributed by atoms with E-state index in [9.17, 15) is 4.79 Å². The lowest BCUT2D eigenvalue weighted by Gasteiger charge is -2.15. The third kappa shape index (κ3) is 2.34. The SMILES string of the molecule is CN1CCC(c2ccc(C3(N=C=O)CC3)cc2Cl)C1. The molecule has 0 spiro atoms. The second-order valence-corrected chi connectivity index (χ2v) is 6.13. The van der Waals surface area contributed by atoms with Crippen LogP contribution in [0.1, 0.15) is 36.3 Å². The summed E-state index contributed by atoms with van der Waals surface area (Å²) in [5.41, 5.74) is 1.95. The summed E-state index contributed by atoms with van der Waals surface area (Å²) in [6, 6.07) is 6.18. The van der Waals surface area contributed by atoms with Gasteiger partial charge in [0.25, 0.3) is 0 Å². The topological polar surface area (TPSA) is 32.7 Å². The first kappa shape index (κ1) is 12.9. The highest BCUT2D eigenvalue weighted by Crippen LogP contribution is 2.50. The summed E-state index contributed by atoms with van der Waals surface area (Å²) in [6.45, 7) is 2.19. The lowest BCUT2D eigenvalue weighted by Crippen LogP contribution is -2.13. The Morgan fingerprint density at radius 3 is 2.79 bits per heavy atom. The van der Waals surface area contributed by atoms with Crippen LogP contribution in [-0.2, 0) is 10.3 Å². The summed E-state index contributed by atoms with van der Waals surface area (Å²) >= 11 is 6.43. The molecule has 4 heteroatoms. The molecule has 1 heterocycles. The van der Waals surface area contributed by atoms with E-state index in [1.165, 1.54) is 5.56 Å². The largest absolute Gasteiger partial charge is 0.306 e. The van der Waals surface area contributed by atoms with Gasteiger partial charge in [-0.3, -0.25) is 0 Å². The van der Waals surface area contributed by atoms with Crippen LogP contribution in [0.2, 0.25) is 5.02 Å². The average Bonchev–Trinajstić information content (AvgIpc) is 3.05. The molecular formula is C15H17ClN2O. The van der Waals surface area contributed by atoms with Crippen molar-refractivity contribution in [3.8, 4) is 0 Å². The standard InChI is InChI=1S/C15H17ClN2O/c1-18-7-4-11(9-18)13-3-2-12(8-14(13)16)15(5-6-15)17-10-19/h2-3,8,11H,4-7,9H2,1H3. The molecule has 0 radical (unpaired) electrons. The molecule has 2 fully saturated rings. The van der Waals surface area contributed by atoms with Crippen molar-refractivity contribution >= 4 is 17.7 Å². The van der Waals surface area contributed by atoms with Gasteiger partial charge in [0, 0.05) is 11.6 Å². The molecule has 3 nitrogen and oxygen atoms in total. The van der Waals surface area contributed by atoms with E-state index in [-0.39, 0.29) is 5.54 Å². The number of isocyanates is 1. The Kier molecular flexibility index (Phi) is 3.22. The number of halogens is 1. The normalized spacial score (nSPS) is 25.1. The minimum absolute atomic E-state index is 0.323. The lowest BCUT2D eigenvalue weighted by atomic mass is 9.95. The summed E-state index contributed by atoms with van der Waals surface area (Å²) in [6.07, 6.45) is 4.69. The van der Waals surface area contributed by atoms with E-state index in [4.69, 9.17) is 11.6 Å². The van der Waals surface area contributed by atoms with Crippen molar-refractivity contribution in [2.24, 2.45) is 4.99 Å². The number of aliphatic imine (C=N–C) groups is 1. The van der Waals surface area contributed by atoms with Crippen LogP contribution in [0.3, 0.4) is 0 Å². The molecule has 0 amide bonds. The number of hydrogen-bond acceptors (Lipinski definition) is 3. The van der Waals surface area contributed by atoms with E-state index in [0.29, 0.717) is 5.92 Å². The maximum Gasteiger partial charge on any atom is 0.235 e. The summed E-state index contributed by atoms with van der Waals surface area (Å²) in [5.74, 6) is 0.524. The first-order valence-corrected chi connectivity index (χ1v) is 7.10. The van der Waals surface area contributed by atoms with Gasteiger partial charge in [0.1, 0.15) is 0 Å². The van der Waals surface area contributed by atoms with Gasteiger partial charge in [0.05, 0.1) is 5.54 Å². The van der Waals surface area contributed by atoms with Crippen molar-refractivity contribution in [2.45, 2.75) is 30.7 Å². The van der Waals surface area contributed by atoms with E-state index < -0.39 is 0 Å².